The van der Waals surface area contributed by atoms with Gasteiger partial charge in [0.2, 0.25) is 0 Å². The molecule has 6 heteroatoms. The normalized spacial score (nSPS) is 17.1. The maximum atomic E-state index is 13.4. The van der Waals surface area contributed by atoms with Crippen molar-refractivity contribution in [3.8, 4) is 0 Å². The SMILES string of the molecule is CSc1ccc(C(=O)[C@@H]2CCCN(C(=O)c3cc4cc(F)ccc4[nH]3)C2)cc1. The lowest BCUT2D eigenvalue weighted by molar-refractivity contribution is 0.0633. The number of ketones is 1. The summed E-state index contributed by atoms with van der Waals surface area (Å²) < 4.78 is 13.4. The van der Waals surface area contributed by atoms with E-state index in [2.05, 4.69) is 4.98 Å². The number of thioether (sulfide) groups is 1. The highest BCUT2D eigenvalue weighted by molar-refractivity contribution is 7.98. The van der Waals surface area contributed by atoms with E-state index >= 15 is 0 Å². The van der Waals surface area contributed by atoms with Gasteiger partial charge in [-0.3, -0.25) is 9.59 Å². The van der Waals surface area contributed by atoms with Crippen molar-refractivity contribution in [3.63, 3.8) is 0 Å². The van der Waals surface area contributed by atoms with Crippen LogP contribution in [0.15, 0.2) is 53.4 Å². The van der Waals surface area contributed by atoms with Crippen molar-refractivity contribution in [3.05, 3.63) is 65.6 Å². The first-order valence-electron chi connectivity index (χ1n) is 9.31. The average Bonchev–Trinajstić information content (AvgIpc) is 3.16. The van der Waals surface area contributed by atoms with Gasteiger partial charge in [0.15, 0.2) is 5.78 Å². The molecular formula is C22H21FN2O2S. The molecule has 3 aromatic rings. The third-order valence-corrected chi connectivity index (χ3v) is 6.01. The van der Waals surface area contributed by atoms with Crippen LogP contribution in [0.1, 0.15) is 33.7 Å². The van der Waals surface area contributed by atoms with E-state index in [1.54, 1.807) is 28.8 Å². The average molecular weight is 396 g/mol. The largest absolute Gasteiger partial charge is 0.351 e. The van der Waals surface area contributed by atoms with Crippen LogP contribution in [-0.4, -0.2) is 40.9 Å². The number of H-pyrrole nitrogens is 1. The number of nitrogens with one attached hydrogen (secondary N) is 1. The zero-order valence-electron chi connectivity index (χ0n) is 15.6. The van der Waals surface area contributed by atoms with E-state index in [0.29, 0.717) is 29.7 Å². The van der Waals surface area contributed by atoms with Crippen molar-refractivity contribution < 1.29 is 14.0 Å². The number of amides is 1. The number of likely N-dealkylation sites (tertiary alicyclic amines) is 1. The summed E-state index contributed by atoms with van der Waals surface area (Å²) in [5, 5.41) is 0.668. The Hall–Kier alpha value is -2.60. The number of Topliss-reactive ketones (excluding diaryl/α,β-unsaturated/α-hetero) is 1. The second-order valence-electron chi connectivity index (χ2n) is 7.10. The molecule has 0 unspecified atom stereocenters. The van der Waals surface area contributed by atoms with E-state index in [-0.39, 0.29) is 23.4 Å². The van der Waals surface area contributed by atoms with Gasteiger partial charge in [-0.15, -0.1) is 11.8 Å². The molecule has 0 radical (unpaired) electrons. The standard InChI is InChI=1S/C22H21FN2O2S/c1-28-18-7-4-14(5-8-18)21(26)15-3-2-10-25(13-15)22(27)20-12-16-11-17(23)6-9-19(16)24-20/h4-9,11-12,15,24H,2-3,10,13H2,1H3/t15-/m1/s1. The predicted octanol–water partition coefficient (Wildman–Crippen LogP) is 4.76. The number of benzene rings is 2. The van der Waals surface area contributed by atoms with Crippen LogP contribution in [0.2, 0.25) is 0 Å². The van der Waals surface area contributed by atoms with Crippen LogP contribution in [0.5, 0.6) is 0 Å². The fourth-order valence-corrected chi connectivity index (χ4v) is 4.16. The smallest absolute Gasteiger partial charge is 0.270 e. The van der Waals surface area contributed by atoms with Gasteiger partial charge in [-0.25, -0.2) is 4.39 Å². The van der Waals surface area contributed by atoms with E-state index < -0.39 is 0 Å². The van der Waals surface area contributed by atoms with E-state index in [0.717, 1.165) is 23.3 Å². The summed E-state index contributed by atoms with van der Waals surface area (Å²) >= 11 is 1.64. The molecule has 2 heterocycles. The molecule has 2 aromatic carbocycles. The molecule has 1 amide bonds. The monoisotopic (exact) mass is 396 g/mol. The van der Waals surface area contributed by atoms with Gasteiger partial charge in [0.05, 0.1) is 0 Å². The molecule has 4 nitrogen and oxygen atoms in total. The Bertz CT molecular complexity index is 1030. The lowest BCUT2D eigenvalue weighted by Gasteiger charge is -2.31. The summed E-state index contributed by atoms with van der Waals surface area (Å²) in [6, 6.07) is 13.7. The number of carbonyl (C=O) groups is 2. The first-order valence-corrected chi connectivity index (χ1v) is 10.5. The minimum atomic E-state index is -0.332. The van der Waals surface area contributed by atoms with Gasteiger partial charge < -0.3 is 9.88 Å². The lowest BCUT2D eigenvalue weighted by atomic mass is 9.90. The maximum Gasteiger partial charge on any atom is 0.270 e. The van der Waals surface area contributed by atoms with Crippen molar-refractivity contribution in [1.29, 1.82) is 0 Å². The van der Waals surface area contributed by atoms with Crippen molar-refractivity contribution in [1.82, 2.24) is 9.88 Å². The maximum absolute atomic E-state index is 13.4. The van der Waals surface area contributed by atoms with Crippen molar-refractivity contribution in [2.75, 3.05) is 19.3 Å². The highest BCUT2D eigenvalue weighted by Crippen LogP contribution is 2.25. The van der Waals surface area contributed by atoms with Gasteiger partial charge in [0.1, 0.15) is 11.5 Å². The van der Waals surface area contributed by atoms with Crippen molar-refractivity contribution in [2.45, 2.75) is 17.7 Å². The third-order valence-electron chi connectivity index (χ3n) is 5.27. The summed E-state index contributed by atoms with van der Waals surface area (Å²) in [5.74, 6) is -0.586. The number of aromatic nitrogens is 1. The van der Waals surface area contributed by atoms with Crippen molar-refractivity contribution in [2.24, 2.45) is 5.92 Å². The molecule has 0 spiro atoms. The van der Waals surface area contributed by atoms with Gasteiger partial charge in [-0.05, 0) is 55.5 Å². The minimum absolute atomic E-state index is 0.0869. The Morgan fingerprint density at radius 2 is 1.93 bits per heavy atom. The zero-order chi connectivity index (χ0) is 19.7. The van der Waals surface area contributed by atoms with Gasteiger partial charge in [0.25, 0.3) is 5.91 Å². The molecule has 1 saturated heterocycles. The van der Waals surface area contributed by atoms with Crippen LogP contribution in [0.4, 0.5) is 4.39 Å². The Morgan fingerprint density at radius 3 is 2.68 bits per heavy atom. The van der Waals surface area contributed by atoms with Gasteiger partial charge >= 0.3 is 0 Å². The Morgan fingerprint density at radius 1 is 1.14 bits per heavy atom. The summed E-state index contributed by atoms with van der Waals surface area (Å²) in [6.07, 6.45) is 3.57. The summed E-state index contributed by atoms with van der Waals surface area (Å²) in [4.78, 5) is 31.7. The number of aromatic amines is 1. The second kappa shape index (κ2) is 7.80. The fourth-order valence-electron chi connectivity index (χ4n) is 3.76. The molecule has 1 aliphatic rings. The molecule has 0 aliphatic carbocycles. The molecule has 4 rings (SSSR count). The topological polar surface area (TPSA) is 53.2 Å². The van der Waals surface area contributed by atoms with E-state index in [4.69, 9.17) is 0 Å². The fraction of sp³-hybridized carbons (Fsp3) is 0.273. The van der Waals surface area contributed by atoms with Crippen LogP contribution in [0.25, 0.3) is 10.9 Å². The van der Waals surface area contributed by atoms with E-state index in [1.807, 2.05) is 30.5 Å². The van der Waals surface area contributed by atoms with Crippen LogP contribution >= 0.6 is 11.8 Å². The Balaban J connectivity index is 1.50. The molecule has 1 atom stereocenters. The van der Waals surface area contributed by atoms with Crippen molar-refractivity contribution >= 4 is 34.4 Å². The van der Waals surface area contributed by atoms with E-state index in [1.165, 1.54) is 12.1 Å². The molecule has 1 fully saturated rings. The van der Waals surface area contributed by atoms with Gasteiger partial charge in [0, 0.05) is 40.4 Å². The first kappa shape index (κ1) is 18.7. The van der Waals surface area contributed by atoms with Crippen LogP contribution in [0, 0.1) is 11.7 Å². The van der Waals surface area contributed by atoms with Crippen LogP contribution in [0.3, 0.4) is 0 Å². The number of halogens is 1. The minimum Gasteiger partial charge on any atom is -0.351 e. The van der Waals surface area contributed by atoms with Crippen LogP contribution < -0.4 is 0 Å². The molecule has 1 aromatic heterocycles. The summed E-state index contributed by atoms with van der Waals surface area (Å²) in [6.45, 7) is 1.03. The quantitative estimate of drug-likeness (QED) is 0.511. The predicted molar refractivity (Wildman–Crippen MR) is 109 cm³/mol. The number of piperidine rings is 1. The molecular weight excluding hydrogens is 375 g/mol. The highest BCUT2D eigenvalue weighted by atomic mass is 32.2. The molecule has 144 valence electrons. The lowest BCUT2D eigenvalue weighted by Crippen LogP contribution is -2.42. The van der Waals surface area contributed by atoms with Crippen LogP contribution in [-0.2, 0) is 0 Å². The third kappa shape index (κ3) is 3.69. The first-order chi connectivity index (χ1) is 13.5. The van der Waals surface area contributed by atoms with E-state index in [9.17, 15) is 14.0 Å². The number of hydrogen-bond acceptors (Lipinski definition) is 3. The number of carbonyl (C=O) groups excluding carboxylic acids is 2. The summed E-state index contributed by atoms with van der Waals surface area (Å²) in [5.41, 5.74) is 1.85. The number of rotatable bonds is 4. The molecule has 0 saturated carbocycles. The highest BCUT2D eigenvalue weighted by Gasteiger charge is 2.30. The van der Waals surface area contributed by atoms with Gasteiger partial charge in [-0.1, -0.05) is 12.1 Å². The number of nitrogens with zero attached hydrogens (tertiary/aromatic N) is 1. The number of fused-ring (bicyclic) bond motifs is 1. The molecule has 28 heavy (non-hydrogen) atoms. The Kier molecular flexibility index (Phi) is 5.22. The molecule has 1 N–H and O–H groups in total. The zero-order valence-corrected chi connectivity index (χ0v) is 16.4. The second-order valence-corrected chi connectivity index (χ2v) is 7.98. The molecule has 1 aliphatic heterocycles. The summed E-state index contributed by atoms with van der Waals surface area (Å²) in [7, 11) is 0. The number of hydrogen-bond donors (Lipinski definition) is 1. The molecule has 0 bridgehead atoms. The van der Waals surface area contributed by atoms with Gasteiger partial charge in [-0.2, -0.15) is 0 Å². The Labute approximate surface area is 167 Å².